The molecule has 1 N–H and O–H groups in total. The fourth-order valence-electron chi connectivity index (χ4n) is 2.51. The summed E-state index contributed by atoms with van der Waals surface area (Å²) in [7, 11) is 0. The Morgan fingerprint density at radius 2 is 2.38 bits per heavy atom. The van der Waals surface area contributed by atoms with Gasteiger partial charge in [0.05, 0.1) is 11.8 Å². The molecule has 2 aromatic heterocycles. The third-order valence-electron chi connectivity index (χ3n) is 3.53. The molecule has 1 atom stereocenters. The van der Waals surface area contributed by atoms with Gasteiger partial charge in [-0.15, -0.1) is 5.10 Å². The van der Waals surface area contributed by atoms with Gasteiger partial charge in [-0.05, 0) is 31.4 Å². The Bertz CT molecular complexity index is 620. The SMILES string of the molecule is O=C(O)c1nnn(CCC2CCCO2)c1-c1ccccn1. The van der Waals surface area contributed by atoms with E-state index in [0.717, 1.165) is 25.9 Å². The van der Waals surface area contributed by atoms with Crippen molar-refractivity contribution in [2.24, 2.45) is 0 Å². The van der Waals surface area contributed by atoms with Crippen LogP contribution in [0.5, 0.6) is 0 Å². The number of carboxylic acids is 1. The number of hydrogen-bond donors (Lipinski definition) is 1. The molecule has 0 bridgehead atoms. The predicted molar refractivity (Wildman–Crippen MR) is 73.8 cm³/mol. The number of aromatic nitrogens is 4. The highest BCUT2D eigenvalue weighted by Gasteiger charge is 2.22. The normalized spacial score (nSPS) is 18.0. The smallest absolute Gasteiger partial charge is 0.358 e. The number of pyridine rings is 1. The molecule has 0 aliphatic carbocycles. The van der Waals surface area contributed by atoms with Crippen LogP contribution in [0, 0.1) is 0 Å². The molecule has 1 aliphatic heterocycles. The zero-order valence-electron chi connectivity index (χ0n) is 11.5. The fraction of sp³-hybridized carbons (Fsp3) is 0.429. The Morgan fingerprint density at radius 3 is 3.05 bits per heavy atom. The van der Waals surface area contributed by atoms with E-state index in [-0.39, 0.29) is 11.8 Å². The van der Waals surface area contributed by atoms with Gasteiger partial charge in [0.1, 0.15) is 5.69 Å². The third-order valence-corrected chi connectivity index (χ3v) is 3.53. The minimum atomic E-state index is -1.10. The molecule has 3 heterocycles. The van der Waals surface area contributed by atoms with Crippen molar-refractivity contribution in [3.63, 3.8) is 0 Å². The second-order valence-electron chi connectivity index (χ2n) is 4.95. The van der Waals surface area contributed by atoms with Crippen LogP contribution in [-0.4, -0.2) is 43.8 Å². The van der Waals surface area contributed by atoms with Crippen LogP contribution in [0.4, 0.5) is 0 Å². The number of carboxylic acid groups (broad SMARTS) is 1. The zero-order chi connectivity index (χ0) is 14.7. The van der Waals surface area contributed by atoms with Crippen LogP contribution in [0.2, 0.25) is 0 Å². The summed E-state index contributed by atoms with van der Waals surface area (Å²) >= 11 is 0. The van der Waals surface area contributed by atoms with Crippen molar-refractivity contribution in [2.45, 2.75) is 31.9 Å². The van der Waals surface area contributed by atoms with Crippen LogP contribution in [0.3, 0.4) is 0 Å². The van der Waals surface area contributed by atoms with Crippen molar-refractivity contribution >= 4 is 5.97 Å². The Hall–Kier alpha value is -2.28. The Balaban J connectivity index is 1.87. The lowest BCUT2D eigenvalue weighted by atomic mass is 10.1. The standard InChI is InChI=1S/C14H16N4O3/c19-14(20)12-13(11-5-1-2-7-15-11)18(17-16-12)8-6-10-4-3-9-21-10/h1-2,5,7,10H,3-4,6,8-9H2,(H,19,20). The molecule has 1 unspecified atom stereocenters. The van der Waals surface area contributed by atoms with Crippen LogP contribution in [0.1, 0.15) is 29.8 Å². The van der Waals surface area contributed by atoms with Gasteiger partial charge < -0.3 is 9.84 Å². The maximum absolute atomic E-state index is 11.3. The van der Waals surface area contributed by atoms with Crippen LogP contribution in [0.25, 0.3) is 11.4 Å². The van der Waals surface area contributed by atoms with Gasteiger partial charge in [0, 0.05) is 19.3 Å². The van der Waals surface area contributed by atoms with Crippen molar-refractivity contribution in [1.82, 2.24) is 20.0 Å². The number of hydrogen-bond acceptors (Lipinski definition) is 5. The summed E-state index contributed by atoms with van der Waals surface area (Å²) in [6.07, 6.45) is 4.76. The number of rotatable bonds is 5. The first-order chi connectivity index (χ1) is 10.3. The zero-order valence-corrected chi connectivity index (χ0v) is 11.5. The largest absolute Gasteiger partial charge is 0.476 e. The molecular formula is C14H16N4O3. The number of nitrogens with zero attached hydrogens (tertiary/aromatic N) is 4. The van der Waals surface area contributed by atoms with E-state index < -0.39 is 5.97 Å². The van der Waals surface area contributed by atoms with E-state index in [1.165, 1.54) is 0 Å². The molecule has 0 saturated carbocycles. The Kier molecular flexibility index (Phi) is 3.92. The molecule has 2 aromatic rings. The summed E-state index contributed by atoms with van der Waals surface area (Å²) < 4.78 is 7.19. The van der Waals surface area contributed by atoms with E-state index in [2.05, 4.69) is 15.3 Å². The Morgan fingerprint density at radius 1 is 1.48 bits per heavy atom. The van der Waals surface area contributed by atoms with Crippen molar-refractivity contribution in [3.05, 3.63) is 30.1 Å². The van der Waals surface area contributed by atoms with Gasteiger partial charge in [-0.25, -0.2) is 9.48 Å². The Labute approximate surface area is 121 Å². The highest BCUT2D eigenvalue weighted by molar-refractivity contribution is 5.92. The van der Waals surface area contributed by atoms with Gasteiger partial charge in [-0.2, -0.15) is 0 Å². The molecule has 0 aromatic carbocycles. The van der Waals surface area contributed by atoms with Gasteiger partial charge in [0.25, 0.3) is 0 Å². The highest BCUT2D eigenvalue weighted by Crippen LogP contribution is 2.22. The molecule has 0 radical (unpaired) electrons. The van der Waals surface area contributed by atoms with E-state index in [9.17, 15) is 9.90 Å². The maximum Gasteiger partial charge on any atom is 0.358 e. The molecule has 21 heavy (non-hydrogen) atoms. The predicted octanol–water partition coefficient (Wildman–Crippen LogP) is 1.61. The lowest BCUT2D eigenvalue weighted by Gasteiger charge is -2.10. The molecule has 7 heteroatoms. The molecule has 0 spiro atoms. The molecular weight excluding hydrogens is 272 g/mol. The summed E-state index contributed by atoms with van der Waals surface area (Å²) in [6, 6.07) is 5.35. The number of ether oxygens (including phenoxy) is 1. The summed E-state index contributed by atoms with van der Waals surface area (Å²) in [5.74, 6) is -1.10. The number of aromatic carboxylic acids is 1. The van der Waals surface area contributed by atoms with Crippen molar-refractivity contribution < 1.29 is 14.6 Å². The third kappa shape index (κ3) is 2.92. The number of aryl methyl sites for hydroxylation is 1. The number of carbonyl (C=O) groups is 1. The summed E-state index contributed by atoms with van der Waals surface area (Å²) in [4.78, 5) is 15.5. The van der Waals surface area contributed by atoms with Crippen LogP contribution < -0.4 is 0 Å². The van der Waals surface area contributed by atoms with E-state index in [4.69, 9.17) is 4.74 Å². The minimum absolute atomic E-state index is 0.0685. The van der Waals surface area contributed by atoms with E-state index in [1.54, 1.807) is 23.0 Å². The van der Waals surface area contributed by atoms with Crippen molar-refractivity contribution in [3.8, 4) is 11.4 Å². The summed E-state index contributed by atoms with van der Waals surface area (Å²) in [5, 5.41) is 17.0. The second-order valence-corrected chi connectivity index (χ2v) is 4.95. The minimum Gasteiger partial charge on any atom is -0.476 e. The topological polar surface area (TPSA) is 90.1 Å². The first-order valence-electron chi connectivity index (χ1n) is 6.95. The van der Waals surface area contributed by atoms with Crippen molar-refractivity contribution in [2.75, 3.05) is 6.61 Å². The van der Waals surface area contributed by atoms with E-state index in [0.29, 0.717) is 17.9 Å². The van der Waals surface area contributed by atoms with Gasteiger partial charge in [0.15, 0.2) is 5.69 Å². The van der Waals surface area contributed by atoms with Crippen LogP contribution in [-0.2, 0) is 11.3 Å². The molecule has 1 saturated heterocycles. The molecule has 1 fully saturated rings. The average molecular weight is 288 g/mol. The average Bonchev–Trinajstić information content (AvgIpc) is 3.15. The summed E-state index contributed by atoms with van der Waals surface area (Å²) in [6.45, 7) is 1.37. The molecule has 0 amide bonds. The van der Waals surface area contributed by atoms with E-state index >= 15 is 0 Å². The van der Waals surface area contributed by atoms with E-state index in [1.807, 2.05) is 6.07 Å². The van der Waals surface area contributed by atoms with Gasteiger partial charge >= 0.3 is 5.97 Å². The van der Waals surface area contributed by atoms with Gasteiger partial charge in [-0.1, -0.05) is 11.3 Å². The van der Waals surface area contributed by atoms with Crippen molar-refractivity contribution in [1.29, 1.82) is 0 Å². The summed E-state index contributed by atoms with van der Waals surface area (Å²) in [5.41, 5.74) is 0.939. The lowest BCUT2D eigenvalue weighted by molar-refractivity contribution is 0.0691. The fourth-order valence-corrected chi connectivity index (χ4v) is 2.51. The lowest BCUT2D eigenvalue weighted by Crippen LogP contribution is -2.12. The maximum atomic E-state index is 11.3. The van der Waals surface area contributed by atoms with Crippen LogP contribution in [0.15, 0.2) is 24.4 Å². The monoisotopic (exact) mass is 288 g/mol. The molecule has 7 nitrogen and oxygen atoms in total. The highest BCUT2D eigenvalue weighted by atomic mass is 16.5. The molecule has 110 valence electrons. The van der Waals surface area contributed by atoms with Gasteiger partial charge in [0.2, 0.25) is 0 Å². The van der Waals surface area contributed by atoms with Crippen LogP contribution >= 0.6 is 0 Å². The molecule has 3 rings (SSSR count). The quantitative estimate of drug-likeness (QED) is 0.898. The first-order valence-corrected chi connectivity index (χ1v) is 6.95. The second kappa shape index (κ2) is 6.01. The van der Waals surface area contributed by atoms with Gasteiger partial charge in [-0.3, -0.25) is 4.98 Å². The molecule has 1 aliphatic rings. The first kappa shape index (κ1) is 13.7.